The van der Waals surface area contributed by atoms with E-state index in [1.807, 2.05) is 55.5 Å². The van der Waals surface area contributed by atoms with Crippen molar-refractivity contribution in [3.63, 3.8) is 0 Å². The molecule has 0 heterocycles. The SMILES string of the molecule is CCN(CC)CCOc1ccccc1CNC(=O)COc1cccc(C)c1. The Morgan fingerprint density at radius 2 is 1.81 bits per heavy atom. The van der Waals surface area contributed by atoms with Crippen LogP contribution < -0.4 is 14.8 Å². The van der Waals surface area contributed by atoms with Crippen LogP contribution in [0.2, 0.25) is 0 Å². The molecule has 2 aromatic carbocycles. The largest absolute Gasteiger partial charge is 0.492 e. The Balaban J connectivity index is 1.80. The van der Waals surface area contributed by atoms with Gasteiger partial charge in [-0.2, -0.15) is 0 Å². The third kappa shape index (κ3) is 7.31. The zero-order valence-electron chi connectivity index (χ0n) is 16.5. The van der Waals surface area contributed by atoms with Crippen LogP contribution in [0.5, 0.6) is 11.5 Å². The number of rotatable bonds is 11. The van der Waals surface area contributed by atoms with Crippen molar-refractivity contribution in [2.24, 2.45) is 0 Å². The number of hydrogen-bond donors (Lipinski definition) is 1. The Labute approximate surface area is 162 Å². The summed E-state index contributed by atoms with van der Waals surface area (Å²) in [6.45, 7) is 10.2. The molecule has 0 aliphatic heterocycles. The van der Waals surface area contributed by atoms with Crippen LogP contribution in [-0.4, -0.2) is 43.7 Å². The molecule has 0 radical (unpaired) electrons. The lowest BCUT2D eigenvalue weighted by molar-refractivity contribution is -0.123. The molecule has 0 fully saturated rings. The molecule has 1 N–H and O–H groups in total. The minimum absolute atomic E-state index is 0.00552. The van der Waals surface area contributed by atoms with Gasteiger partial charge in [-0.15, -0.1) is 0 Å². The third-order valence-corrected chi connectivity index (χ3v) is 4.37. The highest BCUT2D eigenvalue weighted by molar-refractivity contribution is 5.77. The fraction of sp³-hybridized carbons (Fsp3) is 0.409. The minimum atomic E-state index is -0.158. The lowest BCUT2D eigenvalue weighted by atomic mass is 10.2. The second-order valence-electron chi connectivity index (χ2n) is 6.36. The molecular weight excluding hydrogens is 340 g/mol. The van der Waals surface area contributed by atoms with Crippen molar-refractivity contribution in [2.75, 3.05) is 32.8 Å². The molecule has 5 heteroatoms. The first-order valence-corrected chi connectivity index (χ1v) is 9.51. The van der Waals surface area contributed by atoms with Gasteiger partial charge >= 0.3 is 0 Å². The second-order valence-corrected chi connectivity index (χ2v) is 6.36. The Morgan fingerprint density at radius 3 is 2.56 bits per heavy atom. The summed E-state index contributed by atoms with van der Waals surface area (Å²) in [5.74, 6) is 1.35. The van der Waals surface area contributed by atoms with Gasteiger partial charge in [-0.05, 0) is 43.8 Å². The van der Waals surface area contributed by atoms with E-state index >= 15 is 0 Å². The summed E-state index contributed by atoms with van der Waals surface area (Å²) in [6, 6.07) is 15.5. The van der Waals surface area contributed by atoms with Gasteiger partial charge in [0.05, 0.1) is 0 Å². The molecule has 2 rings (SSSR count). The standard InChI is InChI=1S/C22H30N2O3/c1-4-24(5-2)13-14-26-21-12-7-6-10-19(21)16-23-22(25)17-27-20-11-8-9-18(3)15-20/h6-12,15H,4-5,13-14,16-17H2,1-3H3,(H,23,25). The number of carbonyl (C=O) groups excluding carboxylic acids is 1. The summed E-state index contributed by atoms with van der Waals surface area (Å²) in [7, 11) is 0. The Morgan fingerprint density at radius 1 is 1.04 bits per heavy atom. The molecule has 0 aromatic heterocycles. The number of para-hydroxylation sites is 1. The van der Waals surface area contributed by atoms with Gasteiger partial charge in [0.25, 0.3) is 5.91 Å². The number of nitrogens with zero attached hydrogens (tertiary/aromatic N) is 1. The zero-order valence-corrected chi connectivity index (χ0v) is 16.5. The average molecular weight is 370 g/mol. The molecule has 1 amide bonds. The topological polar surface area (TPSA) is 50.8 Å². The molecule has 0 aliphatic rings. The molecule has 0 saturated carbocycles. The quantitative estimate of drug-likeness (QED) is 0.659. The van der Waals surface area contributed by atoms with Crippen molar-refractivity contribution >= 4 is 5.91 Å². The van der Waals surface area contributed by atoms with Crippen LogP contribution in [0, 0.1) is 6.92 Å². The zero-order chi connectivity index (χ0) is 19.5. The van der Waals surface area contributed by atoms with Gasteiger partial charge in [-0.25, -0.2) is 0 Å². The summed E-state index contributed by atoms with van der Waals surface area (Å²) in [4.78, 5) is 14.4. The van der Waals surface area contributed by atoms with E-state index < -0.39 is 0 Å². The van der Waals surface area contributed by atoms with Gasteiger partial charge in [-0.1, -0.05) is 44.2 Å². The summed E-state index contributed by atoms with van der Waals surface area (Å²) >= 11 is 0. The first-order chi connectivity index (χ1) is 13.1. The molecule has 0 unspecified atom stereocenters. The first-order valence-electron chi connectivity index (χ1n) is 9.51. The molecule has 2 aromatic rings. The molecule has 27 heavy (non-hydrogen) atoms. The number of likely N-dealkylation sites (N-methyl/N-ethyl adjacent to an activating group) is 1. The number of hydrogen-bond acceptors (Lipinski definition) is 4. The molecule has 0 aliphatic carbocycles. The summed E-state index contributed by atoms with van der Waals surface area (Å²) in [6.07, 6.45) is 0. The summed E-state index contributed by atoms with van der Waals surface area (Å²) in [5, 5.41) is 2.89. The first kappa shape index (κ1) is 20.8. The molecule has 0 bridgehead atoms. The highest BCUT2D eigenvalue weighted by atomic mass is 16.5. The number of nitrogens with one attached hydrogen (secondary N) is 1. The van der Waals surface area contributed by atoms with Gasteiger partial charge in [0.15, 0.2) is 6.61 Å². The van der Waals surface area contributed by atoms with Gasteiger partial charge in [0.1, 0.15) is 18.1 Å². The Kier molecular flexibility index (Phi) is 8.65. The van der Waals surface area contributed by atoms with E-state index in [1.165, 1.54) is 0 Å². The van der Waals surface area contributed by atoms with E-state index in [2.05, 4.69) is 24.1 Å². The maximum Gasteiger partial charge on any atom is 0.258 e. The van der Waals surface area contributed by atoms with Gasteiger partial charge < -0.3 is 19.7 Å². The van der Waals surface area contributed by atoms with Gasteiger partial charge in [0, 0.05) is 18.7 Å². The lowest BCUT2D eigenvalue weighted by Crippen LogP contribution is -2.29. The predicted molar refractivity (Wildman–Crippen MR) is 108 cm³/mol. The van der Waals surface area contributed by atoms with E-state index in [0.29, 0.717) is 18.9 Å². The number of aryl methyl sites for hydroxylation is 1. The fourth-order valence-electron chi connectivity index (χ4n) is 2.71. The molecule has 5 nitrogen and oxygen atoms in total. The average Bonchev–Trinajstić information content (AvgIpc) is 2.69. The smallest absolute Gasteiger partial charge is 0.258 e. The van der Waals surface area contributed by atoms with Crippen molar-refractivity contribution in [3.05, 3.63) is 59.7 Å². The van der Waals surface area contributed by atoms with Crippen LogP contribution in [-0.2, 0) is 11.3 Å². The van der Waals surface area contributed by atoms with E-state index in [0.717, 1.165) is 36.5 Å². The van der Waals surface area contributed by atoms with Gasteiger partial charge in [-0.3, -0.25) is 4.79 Å². The van der Waals surface area contributed by atoms with E-state index in [4.69, 9.17) is 9.47 Å². The Hall–Kier alpha value is -2.53. The molecular formula is C22H30N2O3. The van der Waals surface area contributed by atoms with Crippen molar-refractivity contribution in [2.45, 2.75) is 27.3 Å². The maximum absolute atomic E-state index is 12.1. The number of ether oxygens (including phenoxy) is 2. The van der Waals surface area contributed by atoms with Crippen molar-refractivity contribution in [1.82, 2.24) is 10.2 Å². The lowest BCUT2D eigenvalue weighted by Gasteiger charge is -2.19. The van der Waals surface area contributed by atoms with Crippen LogP contribution in [0.15, 0.2) is 48.5 Å². The normalized spacial score (nSPS) is 10.7. The molecule has 0 spiro atoms. The van der Waals surface area contributed by atoms with Crippen molar-refractivity contribution < 1.29 is 14.3 Å². The van der Waals surface area contributed by atoms with Crippen LogP contribution in [0.1, 0.15) is 25.0 Å². The van der Waals surface area contributed by atoms with Crippen LogP contribution in [0.4, 0.5) is 0 Å². The van der Waals surface area contributed by atoms with Crippen LogP contribution >= 0.6 is 0 Å². The highest BCUT2D eigenvalue weighted by Crippen LogP contribution is 2.18. The van der Waals surface area contributed by atoms with Crippen molar-refractivity contribution in [1.29, 1.82) is 0 Å². The van der Waals surface area contributed by atoms with Gasteiger partial charge in [0.2, 0.25) is 0 Å². The molecule has 146 valence electrons. The molecule has 0 saturated heterocycles. The Bertz CT molecular complexity index is 714. The monoisotopic (exact) mass is 370 g/mol. The fourth-order valence-corrected chi connectivity index (χ4v) is 2.71. The van der Waals surface area contributed by atoms with E-state index in [9.17, 15) is 4.79 Å². The number of carbonyl (C=O) groups is 1. The number of amides is 1. The second kappa shape index (κ2) is 11.2. The van der Waals surface area contributed by atoms with E-state index in [1.54, 1.807) is 0 Å². The number of benzene rings is 2. The third-order valence-electron chi connectivity index (χ3n) is 4.37. The van der Waals surface area contributed by atoms with E-state index in [-0.39, 0.29) is 12.5 Å². The van der Waals surface area contributed by atoms with Crippen molar-refractivity contribution in [3.8, 4) is 11.5 Å². The summed E-state index contributed by atoms with van der Waals surface area (Å²) in [5.41, 5.74) is 2.06. The molecule has 0 atom stereocenters. The summed E-state index contributed by atoms with van der Waals surface area (Å²) < 4.78 is 11.5. The highest BCUT2D eigenvalue weighted by Gasteiger charge is 2.07. The maximum atomic E-state index is 12.1. The van der Waals surface area contributed by atoms with Crippen LogP contribution in [0.25, 0.3) is 0 Å². The minimum Gasteiger partial charge on any atom is -0.492 e. The van der Waals surface area contributed by atoms with Crippen LogP contribution in [0.3, 0.4) is 0 Å². The predicted octanol–water partition coefficient (Wildman–Crippen LogP) is 3.41.